The summed E-state index contributed by atoms with van der Waals surface area (Å²) in [4.78, 5) is 0. The second-order valence-electron chi connectivity index (χ2n) is 3.84. The highest BCUT2D eigenvalue weighted by Gasteiger charge is 2.03. The van der Waals surface area contributed by atoms with Crippen molar-refractivity contribution in [2.45, 2.75) is 6.54 Å². The van der Waals surface area contributed by atoms with Gasteiger partial charge in [-0.25, -0.2) is 0 Å². The molecule has 4 heteroatoms. The van der Waals surface area contributed by atoms with Gasteiger partial charge in [0.2, 0.25) is 0 Å². The molecule has 0 aliphatic carbocycles. The summed E-state index contributed by atoms with van der Waals surface area (Å²) in [6, 6.07) is 12.9. The summed E-state index contributed by atoms with van der Waals surface area (Å²) in [5.41, 5.74) is 1.04. The lowest BCUT2D eigenvalue weighted by Crippen LogP contribution is -2.05. The molecular formula is C14H13Cl2NO. The largest absolute Gasteiger partial charge is 0.457 e. The van der Waals surface area contributed by atoms with E-state index in [4.69, 9.17) is 27.9 Å². The molecule has 0 fully saturated rings. The van der Waals surface area contributed by atoms with Gasteiger partial charge >= 0.3 is 0 Å². The molecule has 18 heavy (non-hydrogen) atoms. The van der Waals surface area contributed by atoms with Gasteiger partial charge in [0.25, 0.3) is 0 Å². The molecule has 0 saturated carbocycles. The molecule has 0 aromatic heterocycles. The van der Waals surface area contributed by atoms with Crippen LogP contribution in [0.5, 0.6) is 11.5 Å². The molecule has 2 aromatic rings. The molecule has 1 N–H and O–H groups in total. The summed E-state index contributed by atoms with van der Waals surface area (Å²) >= 11 is 12.0. The standard InChI is InChI=1S/C14H13Cl2NO/c1-17-9-10-2-5-13(8-14(10)16)18-12-6-3-11(15)4-7-12/h2-8,17H,9H2,1H3. The normalized spacial score (nSPS) is 10.4. The average Bonchev–Trinajstić information content (AvgIpc) is 2.36. The molecule has 0 saturated heterocycles. The Labute approximate surface area is 116 Å². The lowest BCUT2D eigenvalue weighted by atomic mass is 10.2. The van der Waals surface area contributed by atoms with Crippen LogP contribution in [0.3, 0.4) is 0 Å². The highest BCUT2D eigenvalue weighted by atomic mass is 35.5. The quantitative estimate of drug-likeness (QED) is 0.891. The van der Waals surface area contributed by atoms with Crippen molar-refractivity contribution in [1.82, 2.24) is 5.32 Å². The van der Waals surface area contributed by atoms with Gasteiger partial charge in [-0.15, -0.1) is 0 Å². The first-order valence-electron chi connectivity index (χ1n) is 5.55. The Morgan fingerprint density at radius 3 is 2.28 bits per heavy atom. The number of hydrogen-bond acceptors (Lipinski definition) is 2. The molecule has 2 rings (SSSR count). The van der Waals surface area contributed by atoms with Crippen LogP contribution in [0.1, 0.15) is 5.56 Å². The van der Waals surface area contributed by atoms with Gasteiger partial charge in [0.1, 0.15) is 11.5 Å². The fourth-order valence-corrected chi connectivity index (χ4v) is 1.93. The minimum atomic E-state index is 0.685. The first-order chi connectivity index (χ1) is 8.69. The van der Waals surface area contributed by atoms with Crippen LogP contribution in [0.4, 0.5) is 0 Å². The maximum Gasteiger partial charge on any atom is 0.128 e. The molecule has 0 unspecified atom stereocenters. The summed E-state index contributed by atoms with van der Waals surface area (Å²) in [5, 5.41) is 4.44. The van der Waals surface area contributed by atoms with E-state index in [0.29, 0.717) is 15.8 Å². The van der Waals surface area contributed by atoms with Gasteiger partial charge in [-0.3, -0.25) is 0 Å². The third-order valence-corrected chi connectivity index (χ3v) is 3.04. The lowest BCUT2D eigenvalue weighted by Gasteiger charge is -2.08. The maximum absolute atomic E-state index is 6.16. The van der Waals surface area contributed by atoms with Crippen molar-refractivity contribution in [3.8, 4) is 11.5 Å². The highest BCUT2D eigenvalue weighted by molar-refractivity contribution is 6.31. The van der Waals surface area contributed by atoms with Crippen molar-refractivity contribution in [2.75, 3.05) is 7.05 Å². The molecule has 2 aromatic carbocycles. The van der Waals surface area contributed by atoms with Crippen LogP contribution in [0, 0.1) is 0 Å². The minimum absolute atomic E-state index is 0.685. The highest BCUT2D eigenvalue weighted by Crippen LogP contribution is 2.27. The van der Waals surface area contributed by atoms with Crippen molar-refractivity contribution >= 4 is 23.2 Å². The van der Waals surface area contributed by atoms with E-state index in [1.54, 1.807) is 12.1 Å². The van der Waals surface area contributed by atoms with Gasteiger partial charge in [0.15, 0.2) is 0 Å². The molecule has 0 aliphatic rings. The van der Waals surface area contributed by atoms with Crippen LogP contribution in [-0.2, 0) is 6.54 Å². The van der Waals surface area contributed by atoms with Gasteiger partial charge in [0, 0.05) is 16.6 Å². The van der Waals surface area contributed by atoms with Crippen LogP contribution in [0.2, 0.25) is 10.0 Å². The summed E-state index contributed by atoms with van der Waals surface area (Å²) in [5.74, 6) is 1.44. The molecule has 0 aliphatic heterocycles. The first kappa shape index (κ1) is 13.2. The van der Waals surface area contributed by atoms with Crippen molar-refractivity contribution in [1.29, 1.82) is 0 Å². The van der Waals surface area contributed by atoms with Crippen LogP contribution in [0.25, 0.3) is 0 Å². The zero-order valence-electron chi connectivity index (χ0n) is 9.91. The predicted octanol–water partition coefficient (Wildman–Crippen LogP) is 4.51. The van der Waals surface area contributed by atoms with Crippen LogP contribution < -0.4 is 10.1 Å². The topological polar surface area (TPSA) is 21.3 Å². The molecule has 0 atom stereocenters. The summed E-state index contributed by atoms with van der Waals surface area (Å²) in [6.45, 7) is 0.736. The Balaban J connectivity index is 2.14. The van der Waals surface area contributed by atoms with E-state index in [1.165, 1.54) is 0 Å². The third-order valence-electron chi connectivity index (χ3n) is 2.44. The number of benzene rings is 2. The van der Waals surface area contributed by atoms with Gasteiger partial charge in [0.05, 0.1) is 0 Å². The van der Waals surface area contributed by atoms with Gasteiger partial charge in [-0.05, 0) is 49.0 Å². The van der Waals surface area contributed by atoms with Crippen LogP contribution in [-0.4, -0.2) is 7.05 Å². The number of halogens is 2. The molecule has 0 radical (unpaired) electrons. The van der Waals surface area contributed by atoms with Gasteiger partial charge < -0.3 is 10.1 Å². The average molecular weight is 282 g/mol. The molecule has 94 valence electrons. The fraction of sp³-hybridized carbons (Fsp3) is 0.143. The minimum Gasteiger partial charge on any atom is -0.457 e. The van der Waals surface area contributed by atoms with E-state index in [1.807, 2.05) is 37.4 Å². The van der Waals surface area contributed by atoms with E-state index in [-0.39, 0.29) is 0 Å². The van der Waals surface area contributed by atoms with E-state index in [9.17, 15) is 0 Å². The van der Waals surface area contributed by atoms with Crippen LogP contribution >= 0.6 is 23.2 Å². The summed E-state index contributed by atoms with van der Waals surface area (Å²) in [6.07, 6.45) is 0. The molecule has 0 amide bonds. The Morgan fingerprint density at radius 2 is 1.67 bits per heavy atom. The Kier molecular flexibility index (Phi) is 4.48. The van der Waals surface area contributed by atoms with Crippen molar-refractivity contribution in [3.05, 3.63) is 58.1 Å². The summed E-state index contributed by atoms with van der Waals surface area (Å²) < 4.78 is 5.68. The maximum atomic E-state index is 6.16. The van der Waals surface area contributed by atoms with Crippen LogP contribution in [0.15, 0.2) is 42.5 Å². The first-order valence-corrected chi connectivity index (χ1v) is 6.31. The zero-order valence-corrected chi connectivity index (χ0v) is 11.4. The monoisotopic (exact) mass is 281 g/mol. The SMILES string of the molecule is CNCc1ccc(Oc2ccc(Cl)cc2)cc1Cl. The van der Waals surface area contributed by atoms with E-state index < -0.39 is 0 Å². The number of rotatable bonds is 4. The summed E-state index contributed by atoms with van der Waals surface area (Å²) in [7, 11) is 1.88. The van der Waals surface area contributed by atoms with E-state index in [0.717, 1.165) is 17.9 Å². The van der Waals surface area contributed by atoms with Crippen molar-refractivity contribution in [3.63, 3.8) is 0 Å². The Bertz CT molecular complexity index is 526. The smallest absolute Gasteiger partial charge is 0.128 e. The second kappa shape index (κ2) is 6.10. The Morgan fingerprint density at radius 1 is 1.00 bits per heavy atom. The van der Waals surface area contributed by atoms with E-state index >= 15 is 0 Å². The Hall–Kier alpha value is -1.22. The van der Waals surface area contributed by atoms with Gasteiger partial charge in [-0.2, -0.15) is 0 Å². The zero-order chi connectivity index (χ0) is 13.0. The second-order valence-corrected chi connectivity index (χ2v) is 4.68. The predicted molar refractivity (Wildman–Crippen MR) is 75.7 cm³/mol. The molecular weight excluding hydrogens is 269 g/mol. The lowest BCUT2D eigenvalue weighted by molar-refractivity contribution is 0.482. The number of hydrogen-bond donors (Lipinski definition) is 1. The number of ether oxygens (including phenoxy) is 1. The molecule has 0 spiro atoms. The molecule has 0 bridgehead atoms. The fourth-order valence-electron chi connectivity index (χ4n) is 1.56. The molecule has 2 nitrogen and oxygen atoms in total. The van der Waals surface area contributed by atoms with E-state index in [2.05, 4.69) is 5.32 Å². The third kappa shape index (κ3) is 3.39. The number of nitrogens with one attached hydrogen (secondary N) is 1. The van der Waals surface area contributed by atoms with Crippen molar-refractivity contribution < 1.29 is 4.74 Å². The van der Waals surface area contributed by atoms with Crippen molar-refractivity contribution in [2.24, 2.45) is 0 Å². The molecule has 0 heterocycles. The van der Waals surface area contributed by atoms with Gasteiger partial charge in [-0.1, -0.05) is 29.3 Å².